The molecule has 2 atom stereocenters. The van der Waals surface area contributed by atoms with Gasteiger partial charge in [0.25, 0.3) is 0 Å². The molecule has 1 aliphatic rings. The summed E-state index contributed by atoms with van der Waals surface area (Å²) in [6, 6.07) is 1.88. The third-order valence-corrected chi connectivity index (χ3v) is 3.51. The normalized spacial score (nSPS) is 24.2. The van der Waals surface area contributed by atoms with Crippen molar-refractivity contribution in [2.24, 2.45) is 5.92 Å². The molecule has 1 saturated carbocycles. The maximum atomic E-state index is 13.4. The van der Waals surface area contributed by atoms with Crippen molar-refractivity contribution in [1.29, 1.82) is 0 Å². The summed E-state index contributed by atoms with van der Waals surface area (Å²) in [6.45, 7) is 2.39. The van der Waals surface area contributed by atoms with Gasteiger partial charge in [-0.1, -0.05) is 13.3 Å². The molecule has 0 spiro atoms. The molecule has 1 fully saturated rings. The molecule has 0 heterocycles. The van der Waals surface area contributed by atoms with Crippen LogP contribution >= 0.6 is 0 Å². The highest BCUT2D eigenvalue weighted by Crippen LogP contribution is 2.25. The molecule has 0 bridgehead atoms. The van der Waals surface area contributed by atoms with Gasteiger partial charge in [0, 0.05) is 24.2 Å². The summed E-state index contributed by atoms with van der Waals surface area (Å²) in [5.41, 5.74) is 0.183. The van der Waals surface area contributed by atoms with Gasteiger partial charge in [0.1, 0.15) is 5.82 Å². The standard InChI is InChI=1S/C13H16F3N/c1-8-3-2-4-13(8)17-7-9-5-11(15)12(16)6-10(9)14/h5-6,8,13,17H,2-4,7H2,1H3. The Labute approximate surface area is 99.0 Å². The SMILES string of the molecule is CC1CCCC1NCc1cc(F)c(F)cc1F. The molecule has 0 radical (unpaired) electrons. The van der Waals surface area contributed by atoms with Crippen LogP contribution in [-0.2, 0) is 6.54 Å². The zero-order valence-electron chi connectivity index (χ0n) is 9.77. The quantitative estimate of drug-likeness (QED) is 0.802. The van der Waals surface area contributed by atoms with Gasteiger partial charge in [-0.15, -0.1) is 0 Å². The first-order valence-electron chi connectivity index (χ1n) is 5.94. The Hall–Kier alpha value is -1.03. The Bertz CT molecular complexity index is 406. The van der Waals surface area contributed by atoms with E-state index in [0.29, 0.717) is 18.0 Å². The molecule has 94 valence electrons. The van der Waals surface area contributed by atoms with Gasteiger partial charge in [-0.2, -0.15) is 0 Å². The summed E-state index contributed by atoms with van der Waals surface area (Å²) < 4.78 is 39.0. The molecule has 1 N–H and O–H groups in total. The molecule has 0 aliphatic heterocycles. The maximum absolute atomic E-state index is 13.4. The van der Waals surface area contributed by atoms with Crippen LogP contribution in [0.2, 0.25) is 0 Å². The van der Waals surface area contributed by atoms with Gasteiger partial charge < -0.3 is 5.32 Å². The highest BCUT2D eigenvalue weighted by molar-refractivity contribution is 5.20. The topological polar surface area (TPSA) is 12.0 Å². The van der Waals surface area contributed by atoms with Gasteiger partial charge >= 0.3 is 0 Å². The Kier molecular flexibility index (Phi) is 3.72. The summed E-state index contributed by atoms with van der Waals surface area (Å²) in [7, 11) is 0. The second-order valence-corrected chi connectivity index (χ2v) is 4.75. The number of benzene rings is 1. The van der Waals surface area contributed by atoms with Crippen LogP contribution in [0.15, 0.2) is 12.1 Å². The van der Waals surface area contributed by atoms with Crippen LogP contribution < -0.4 is 5.32 Å². The third-order valence-electron chi connectivity index (χ3n) is 3.51. The van der Waals surface area contributed by atoms with Crippen molar-refractivity contribution in [3.63, 3.8) is 0 Å². The lowest BCUT2D eigenvalue weighted by atomic mass is 10.1. The van der Waals surface area contributed by atoms with Crippen LogP contribution in [0.3, 0.4) is 0 Å². The van der Waals surface area contributed by atoms with E-state index >= 15 is 0 Å². The largest absolute Gasteiger partial charge is 0.310 e. The summed E-state index contributed by atoms with van der Waals surface area (Å²) in [4.78, 5) is 0. The van der Waals surface area contributed by atoms with Gasteiger partial charge in [0.05, 0.1) is 0 Å². The van der Waals surface area contributed by atoms with E-state index in [0.717, 1.165) is 18.9 Å². The van der Waals surface area contributed by atoms with Crippen LogP contribution in [0, 0.1) is 23.4 Å². The molecule has 4 heteroatoms. The molecular weight excluding hydrogens is 227 g/mol. The minimum Gasteiger partial charge on any atom is -0.310 e. The monoisotopic (exact) mass is 243 g/mol. The lowest BCUT2D eigenvalue weighted by molar-refractivity contribution is 0.418. The van der Waals surface area contributed by atoms with Crippen molar-refractivity contribution in [2.75, 3.05) is 0 Å². The van der Waals surface area contributed by atoms with Gasteiger partial charge in [0.2, 0.25) is 0 Å². The average molecular weight is 243 g/mol. The van der Waals surface area contributed by atoms with Crippen LogP contribution in [0.1, 0.15) is 31.7 Å². The Morgan fingerprint density at radius 2 is 1.82 bits per heavy atom. The summed E-state index contributed by atoms with van der Waals surface area (Å²) in [6.07, 6.45) is 3.39. The molecule has 0 saturated heterocycles. The number of rotatable bonds is 3. The van der Waals surface area contributed by atoms with Gasteiger partial charge in [0.15, 0.2) is 11.6 Å². The minimum absolute atomic E-state index is 0.183. The molecule has 1 nitrogen and oxygen atoms in total. The summed E-state index contributed by atoms with van der Waals surface area (Å²) in [5, 5.41) is 3.21. The summed E-state index contributed by atoms with van der Waals surface area (Å²) in [5.74, 6) is -2.27. The fraction of sp³-hybridized carbons (Fsp3) is 0.538. The average Bonchev–Trinajstić information content (AvgIpc) is 2.68. The first-order valence-corrected chi connectivity index (χ1v) is 5.94. The van der Waals surface area contributed by atoms with Gasteiger partial charge in [-0.05, 0) is 24.8 Å². The number of halogens is 3. The number of nitrogens with one attached hydrogen (secondary N) is 1. The fourth-order valence-electron chi connectivity index (χ4n) is 2.39. The van der Waals surface area contributed by atoms with Gasteiger partial charge in [-0.25, -0.2) is 13.2 Å². The molecular formula is C13H16F3N. The van der Waals surface area contributed by atoms with E-state index in [-0.39, 0.29) is 12.1 Å². The summed E-state index contributed by atoms with van der Waals surface area (Å²) >= 11 is 0. The van der Waals surface area contributed by atoms with Crippen molar-refractivity contribution < 1.29 is 13.2 Å². The van der Waals surface area contributed by atoms with E-state index in [9.17, 15) is 13.2 Å². The first-order chi connectivity index (χ1) is 8.08. The smallest absolute Gasteiger partial charge is 0.161 e. The maximum Gasteiger partial charge on any atom is 0.161 e. The van der Waals surface area contributed by atoms with Crippen molar-refractivity contribution in [2.45, 2.75) is 38.8 Å². The van der Waals surface area contributed by atoms with Crippen LogP contribution in [0.5, 0.6) is 0 Å². The Morgan fingerprint density at radius 1 is 1.12 bits per heavy atom. The predicted octanol–water partition coefficient (Wildman–Crippen LogP) is 3.38. The molecule has 17 heavy (non-hydrogen) atoms. The zero-order chi connectivity index (χ0) is 12.4. The molecule has 0 aromatic heterocycles. The molecule has 2 rings (SSSR count). The van der Waals surface area contributed by atoms with Gasteiger partial charge in [-0.3, -0.25) is 0 Å². The second kappa shape index (κ2) is 5.08. The van der Waals surface area contributed by atoms with Crippen LogP contribution in [-0.4, -0.2) is 6.04 Å². The van der Waals surface area contributed by atoms with E-state index in [2.05, 4.69) is 12.2 Å². The predicted molar refractivity (Wildman–Crippen MR) is 60.0 cm³/mol. The van der Waals surface area contributed by atoms with E-state index in [1.54, 1.807) is 0 Å². The number of hydrogen-bond acceptors (Lipinski definition) is 1. The molecule has 0 amide bonds. The first kappa shape index (κ1) is 12.4. The van der Waals surface area contributed by atoms with E-state index in [1.807, 2.05) is 0 Å². The lowest BCUT2D eigenvalue weighted by Crippen LogP contribution is -2.30. The zero-order valence-corrected chi connectivity index (χ0v) is 9.77. The molecule has 1 aromatic rings. The second-order valence-electron chi connectivity index (χ2n) is 4.75. The van der Waals surface area contributed by atoms with E-state index in [1.165, 1.54) is 6.42 Å². The number of hydrogen-bond donors (Lipinski definition) is 1. The molecule has 2 unspecified atom stereocenters. The third kappa shape index (κ3) is 2.80. The van der Waals surface area contributed by atoms with Crippen molar-refractivity contribution in [3.05, 3.63) is 35.1 Å². The minimum atomic E-state index is -1.14. The molecule has 1 aromatic carbocycles. The van der Waals surface area contributed by atoms with E-state index < -0.39 is 17.5 Å². The van der Waals surface area contributed by atoms with Crippen molar-refractivity contribution in [1.82, 2.24) is 5.32 Å². The van der Waals surface area contributed by atoms with E-state index in [4.69, 9.17) is 0 Å². The highest BCUT2D eigenvalue weighted by Gasteiger charge is 2.23. The van der Waals surface area contributed by atoms with Crippen molar-refractivity contribution in [3.8, 4) is 0 Å². The van der Waals surface area contributed by atoms with Crippen LogP contribution in [0.4, 0.5) is 13.2 Å². The van der Waals surface area contributed by atoms with Crippen LogP contribution in [0.25, 0.3) is 0 Å². The lowest BCUT2D eigenvalue weighted by Gasteiger charge is -2.17. The highest BCUT2D eigenvalue weighted by atomic mass is 19.2. The van der Waals surface area contributed by atoms with Crippen molar-refractivity contribution >= 4 is 0 Å². The molecule has 1 aliphatic carbocycles. The fourth-order valence-corrected chi connectivity index (χ4v) is 2.39. The Balaban J connectivity index is 2.01. The Morgan fingerprint density at radius 3 is 2.47 bits per heavy atom.